The number of halogens is 4. The van der Waals surface area contributed by atoms with E-state index in [0.29, 0.717) is 6.54 Å². The number of amides is 1. The van der Waals surface area contributed by atoms with Crippen molar-refractivity contribution in [3.05, 3.63) is 33.8 Å². The van der Waals surface area contributed by atoms with Crippen LogP contribution in [0.25, 0.3) is 0 Å². The topological polar surface area (TPSA) is 32.3 Å². The molecular weight excluding hydrogens is 349 g/mol. The van der Waals surface area contributed by atoms with Gasteiger partial charge in [-0.05, 0) is 37.6 Å². The average molecular weight is 365 g/mol. The van der Waals surface area contributed by atoms with Crippen LogP contribution in [0.3, 0.4) is 0 Å². The number of nitrogens with zero attached hydrogens (tertiary/aromatic N) is 1. The van der Waals surface area contributed by atoms with Crippen LogP contribution in [-0.4, -0.2) is 37.0 Å². The molecule has 1 fully saturated rings. The first-order valence-electron chi connectivity index (χ1n) is 6.65. The molecule has 0 spiro atoms. The fourth-order valence-electron chi connectivity index (χ4n) is 2.41. The second kappa shape index (κ2) is 6.36. The Kier molecular flexibility index (Phi) is 4.93. The summed E-state index contributed by atoms with van der Waals surface area (Å²) in [6, 6.07) is 3.60. The minimum atomic E-state index is -4.49. The summed E-state index contributed by atoms with van der Waals surface area (Å²) in [6.07, 6.45) is -2.67. The van der Waals surface area contributed by atoms with Crippen LogP contribution in [0.5, 0.6) is 0 Å². The molecular formula is C14H16BrF3N2O. The van der Waals surface area contributed by atoms with E-state index in [1.807, 2.05) is 0 Å². The number of carbonyl (C=O) groups is 1. The normalized spacial score (nSPS) is 19.4. The van der Waals surface area contributed by atoms with Crippen LogP contribution in [0, 0.1) is 0 Å². The summed E-state index contributed by atoms with van der Waals surface area (Å²) in [6.45, 7) is 1.58. The van der Waals surface area contributed by atoms with Gasteiger partial charge in [0, 0.05) is 29.7 Å². The third-order valence-corrected chi connectivity index (χ3v) is 4.35. The van der Waals surface area contributed by atoms with E-state index in [1.165, 1.54) is 17.0 Å². The van der Waals surface area contributed by atoms with Gasteiger partial charge >= 0.3 is 6.18 Å². The molecule has 2 rings (SSSR count). The second-order valence-electron chi connectivity index (χ2n) is 5.11. The van der Waals surface area contributed by atoms with E-state index in [1.54, 1.807) is 7.05 Å². The van der Waals surface area contributed by atoms with Gasteiger partial charge in [-0.25, -0.2) is 0 Å². The number of rotatable bonds is 2. The van der Waals surface area contributed by atoms with Crippen LogP contribution in [-0.2, 0) is 6.18 Å². The molecule has 116 valence electrons. The Morgan fingerprint density at radius 3 is 2.71 bits per heavy atom. The predicted octanol–water partition coefficient (Wildman–Crippen LogP) is 3.29. The first-order chi connectivity index (χ1) is 9.80. The zero-order valence-corrected chi connectivity index (χ0v) is 13.1. The van der Waals surface area contributed by atoms with Gasteiger partial charge in [-0.1, -0.05) is 15.9 Å². The highest BCUT2D eigenvalue weighted by Crippen LogP contribution is 2.35. The quantitative estimate of drug-likeness (QED) is 0.873. The molecule has 1 aromatic carbocycles. The number of alkyl halides is 3. The van der Waals surface area contributed by atoms with Gasteiger partial charge in [0.05, 0.1) is 5.56 Å². The molecule has 3 nitrogen and oxygen atoms in total. The van der Waals surface area contributed by atoms with Crippen LogP contribution < -0.4 is 5.32 Å². The van der Waals surface area contributed by atoms with Crippen molar-refractivity contribution in [3.63, 3.8) is 0 Å². The summed E-state index contributed by atoms with van der Waals surface area (Å²) in [5.41, 5.74) is -0.776. The highest BCUT2D eigenvalue weighted by atomic mass is 79.9. The summed E-state index contributed by atoms with van der Waals surface area (Å²) in [4.78, 5) is 13.9. The number of carbonyl (C=O) groups excluding carboxylic acids is 1. The molecule has 0 aliphatic carbocycles. The molecule has 1 aliphatic rings. The maximum Gasteiger partial charge on any atom is 0.417 e. The minimum absolute atomic E-state index is 0.0178. The van der Waals surface area contributed by atoms with Crippen LogP contribution >= 0.6 is 15.9 Å². The van der Waals surface area contributed by atoms with Crippen molar-refractivity contribution < 1.29 is 18.0 Å². The Morgan fingerprint density at radius 2 is 2.14 bits per heavy atom. The summed E-state index contributed by atoms with van der Waals surface area (Å²) < 4.78 is 38.6. The molecule has 1 aromatic rings. The lowest BCUT2D eigenvalue weighted by Crippen LogP contribution is -2.46. The lowest BCUT2D eigenvalue weighted by atomic mass is 10.0. The van der Waals surface area contributed by atoms with Crippen molar-refractivity contribution in [1.29, 1.82) is 0 Å². The van der Waals surface area contributed by atoms with Gasteiger partial charge in [0.15, 0.2) is 0 Å². The zero-order valence-electron chi connectivity index (χ0n) is 11.5. The second-order valence-corrected chi connectivity index (χ2v) is 5.96. The molecule has 21 heavy (non-hydrogen) atoms. The van der Waals surface area contributed by atoms with Crippen molar-refractivity contribution >= 4 is 21.8 Å². The van der Waals surface area contributed by atoms with E-state index < -0.39 is 11.7 Å². The van der Waals surface area contributed by atoms with E-state index in [-0.39, 0.29) is 22.0 Å². The smallest absolute Gasteiger partial charge is 0.337 e. The molecule has 0 bridgehead atoms. The average Bonchev–Trinajstić information content (AvgIpc) is 2.46. The van der Waals surface area contributed by atoms with Gasteiger partial charge < -0.3 is 10.2 Å². The highest BCUT2D eigenvalue weighted by Gasteiger charge is 2.34. The Hall–Kier alpha value is -1.08. The molecule has 1 atom stereocenters. The van der Waals surface area contributed by atoms with Crippen LogP contribution in [0.1, 0.15) is 28.8 Å². The van der Waals surface area contributed by atoms with Gasteiger partial charge in [0.25, 0.3) is 5.91 Å². The fraction of sp³-hybridized carbons (Fsp3) is 0.500. The molecule has 1 aliphatic heterocycles. The summed E-state index contributed by atoms with van der Waals surface area (Å²) >= 11 is 2.87. The van der Waals surface area contributed by atoms with E-state index in [2.05, 4.69) is 21.2 Å². The van der Waals surface area contributed by atoms with Gasteiger partial charge in [-0.15, -0.1) is 0 Å². The Labute approximate surface area is 129 Å². The number of hydrogen-bond donors (Lipinski definition) is 1. The third-order valence-electron chi connectivity index (χ3n) is 3.66. The third kappa shape index (κ3) is 3.77. The lowest BCUT2D eigenvalue weighted by Gasteiger charge is -2.32. The monoisotopic (exact) mass is 364 g/mol. The van der Waals surface area contributed by atoms with Crippen molar-refractivity contribution in [2.75, 3.05) is 20.1 Å². The van der Waals surface area contributed by atoms with Gasteiger partial charge in [0.2, 0.25) is 0 Å². The molecule has 1 saturated heterocycles. The largest absolute Gasteiger partial charge is 0.417 e. The highest BCUT2D eigenvalue weighted by molar-refractivity contribution is 9.10. The maximum atomic E-state index is 12.9. The first-order valence-corrected chi connectivity index (χ1v) is 7.44. The van der Waals surface area contributed by atoms with Gasteiger partial charge in [-0.2, -0.15) is 13.2 Å². The van der Waals surface area contributed by atoms with Crippen molar-refractivity contribution in [1.82, 2.24) is 10.2 Å². The minimum Gasteiger partial charge on any atom is -0.337 e. The molecule has 1 amide bonds. The fourth-order valence-corrected chi connectivity index (χ4v) is 2.88. The Bertz CT molecular complexity index is 527. The molecule has 1 heterocycles. The molecule has 0 saturated carbocycles. The molecule has 1 unspecified atom stereocenters. The summed E-state index contributed by atoms with van der Waals surface area (Å²) in [5, 5.41) is 3.19. The van der Waals surface area contributed by atoms with Crippen molar-refractivity contribution in [2.24, 2.45) is 0 Å². The van der Waals surface area contributed by atoms with Crippen LogP contribution in [0.4, 0.5) is 13.2 Å². The molecule has 1 N–H and O–H groups in total. The number of hydrogen-bond acceptors (Lipinski definition) is 2. The van der Waals surface area contributed by atoms with Crippen molar-refractivity contribution in [3.8, 4) is 0 Å². The standard InChI is InChI=1S/C14H16BrF3N2O/c1-20(10-3-2-6-19-8-10)13(21)9-4-5-12(15)11(7-9)14(16,17)18/h4-5,7,10,19H,2-3,6,8H2,1H3. The Balaban J connectivity index is 2.22. The number of benzene rings is 1. The van der Waals surface area contributed by atoms with E-state index in [0.717, 1.165) is 25.5 Å². The number of piperidine rings is 1. The van der Waals surface area contributed by atoms with Crippen molar-refractivity contribution in [2.45, 2.75) is 25.1 Å². The van der Waals surface area contributed by atoms with Gasteiger partial charge in [0.1, 0.15) is 0 Å². The number of likely N-dealkylation sites (N-methyl/N-ethyl adjacent to an activating group) is 1. The Morgan fingerprint density at radius 1 is 1.43 bits per heavy atom. The van der Waals surface area contributed by atoms with Crippen LogP contribution in [0.15, 0.2) is 22.7 Å². The van der Waals surface area contributed by atoms with Crippen LogP contribution in [0.2, 0.25) is 0 Å². The SMILES string of the molecule is CN(C(=O)c1ccc(Br)c(C(F)(F)F)c1)C1CCCNC1. The van der Waals surface area contributed by atoms with E-state index in [9.17, 15) is 18.0 Å². The zero-order chi connectivity index (χ0) is 15.6. The first kappa shape index (κ1) is 16.3. The van der Waals surface area contributed by atoms with Gasteiger partial charge in [-0.3, -0.25) is 4.79 Å². The molecule has 0 radical (unpaired) electrons. The predicted molar refractivity (Wildman–Crippen MR) is 77.1 cm³/mol. The number of nitrogens with one attached hydrogen (secondary N) is 1. The summed E-state index contributed by atoms with van der Waals surface area (Å²) in [5.74, 6) is -0.387. The lowest BCUT2D eigenvalue weighted by molar-refractivity contribution is -0.138. The van der Waals surface area contributed by atoms with E-state index >= 15 is 0 Å². The maximum absolute atomic E-state index is 12.9. The molecule has 0 aromatic heterocycles. The molecule has 7 heteroatoms. The van der Waals surface area contributed by atoms with E-state index in [4.69, 9.17) is 0 Å². The summed E-state index contributed by atoms with van der Waals surface area (Å²) in [7, 11) is 1.63.